The summed E-state index contributed by atoms with van der Waals surface area (Å²) in [5.41, 5.74) is 0. The van der Waals surface area contributed by atoms with Gasteiger partial charge in [-0.2, -0.15) is 10.1 Å². The van der Waals surface area contributed by atoms with Gasteiger partial charge in [0.25, 0.3) is 0 Å². The second kappa shape index (κ2) is 7.35. The molecule has 1 aliphatic heterocycles. The van der Waals surface area contributed by atoms with E-state index in [4.69, 9.17) is 4.52 Å². The number of likely N-dealkylation sites (tertiary alicyclic amines) is 1. The third-order valence-electron chi connectivity index (χ3n) is 4.75. The first kappa shape index (κ1) is 17.6. The van der Waals surface area contributed by atoms with Crippen molar-refractivity contribution in [3.05, 3.63) is 30.2 Å². The van der Waals surface area contributed by atoms with Gasteiger partial charge in [0, 0.05) is 37.4 Å². The molecule has 0 aromatic carbocycles. The fraction of sp³-hybridized carbons (Fsp3) is 0.647. The molecule has 0 N–H and O–H groups in total. The zero-order valence-electron chi connectivity index (χ0n) is 15.3. The number of rotatable bonds is 6. The number of carbonyl (C=O) groups is 1. The molecule has 8 heteroatoms. The molecule has 8 nitrogen and oxygen atoms in total. The average Bonchev–Trinajstić information content (AvgIpc) is 3.32. The Bertz CT molecular complexity index is 696. The Balaban J connectivity index is 1.55. The molecule has 2 unspecified atom stereocenters. The third kappa shape index (κ3) is 3.89. The summed E-state index contributed by atoms with van der Waals surface area (Å²) in [5.74, 6) is 1.71. The van der Waals surface area contributed by atoms with E-state index in [1.807, 2.05) is 45.0 Å². The van der Waals surface area contributed by atoms with Crippen LogP contribution >= 0.6 is 0 Å². The Morgan fingerprint density at radius 3 is 2.88 bits per heavy atom. The fourth-order valence-corrected chi connectivity index (χ4v) is 3.11. The van der Waals surface area contributed by atoms with Crippen molar-refractivity contribution in [2.45, 2.75) is 51.7 Å². The smallest absolute Gasteiger partial charge is 0.247 e. The van der Waals surface area contributed by atoms with Crippen LogP contribution in [0.5, 0.6) is 0 Å². The molecule has 1 amide bonds. The average molecular weight is 346 g/mol. The van der Waals surface area contributed by atoms with E-state index < -0.39 is 0 Å². The van der Waals surface area contributed by atoms with Crippen molar-refractivity contribution in [2.24, 2.45) is 0 Å². The molecular formula is C17H26N6O2. The van der Waals surface area contributed by atoms with Crippen molar-refractivity contribution in [2.75, 3.05) is 20.1 Å². The molecule has 2 atom stereocenters. The molecule has 3 rings (SSSR count). The molecule has 1 saturated heterocycles. The summed E-state index contributed by atoms with van der Waals surface area (Å²) in [7, 11) is 2.04. The standard InChI is InChI=1S/C17H26N6O2/c1-12(2)16-19-15(20-25-16)11-21(4)14-6-9-22(10-14)17(24)13(3)23-8-5-7-18-23/h5,7-8,12-14H,6,9-11H2,1-4H3. The lowest BCUT2D eigenvalue weighted by Gasteiger charge is -2.24. The fourth-order valence-electron chi connectivity index (χ4n) is 3.11. The van der Waals surface area contributed by atoms with Crippen molar-refractivity contribution < 1.29 is 9.32 Å². The number of hydrogen-bond donors (Lipinski definition) is 0. The minimum Gasteiger partial charge on any atom is -0.339 e. The van der Waals surface area contributed by atoms with Crippen LogP contribution in [0, 0.1) is 0 Å². The highest BCUT2D eigenvalue weighted by Gasteiger charge is 2.32. The molecule has 0 radical (unpaired) electrons. The van der Waals surface area contributed by atoms with Crippen LogP contribution in [0.2, 0.25) is 0 Å². The van der Waals surface area contributed by atoms with E-state index in [1.165, 1.54) is 0 Å². The molecule has 0 bridgehead atoms. The maximum absolute atomic E-state index is 12.7. The van der Waals surface area contributed by atoms with E-state index in [9.17, 15) is 4.79 Å². The highest BCUT2D eigenvalue weighted by Crippen LogP contribution is 2.20. The highest BCUT2D eigenvalue weighted by atomic mass is 16.5. The first-order valence-corrected chi connectivity index (χ1v) is 8.76. The summed E-state index contributed by atoms with van der Waals surface area (Å²) < 4.78 is 6.96. The Labute approximate surface area is 147 Å². The Kier molecular flexibility index (Phi) is 5.17. The van der Waals surface area contributed by atoms with E-state index in [0.29, 0.717) is 24.3 Å². The van der Waals surface area contributed by atoms with Crippen LogP contribution in [0.25, 0.3) is 0 Å². The van der Waals surface area contributed by atoms with E-state index in [-0.39, 0.29) is 17.9 Å². The molecule has 1 aliphatic rings. The summed E-state index contributed by atoms with van der Waals surface area (Å²) in [6.45, 7) is 8.06. The summed E-state index contributed by atoms with van der Waals surface area (Å²) in [4.78, 5) is 21.2. The summed E-state index contributed by atoms with van der Waals surface area (Å²) in [6, 6.07) is 1.86. The molecule has 3 heterocycles. The quantitative estimate of drug-likeness (QED) is 0.792. The summed E-state index contributed by atoms with van der Waals surface area (Å²) in [5, 5.41) is 8.21. The minimum atomic E-state index is -0.273. The lowest BCUT2D eigenvalue weighted by Crippen LogP contribution is -2.38. The van der Waals surface area contributed by atoms with Gasteiger partial charge in [-0.1, -0.05) is 19.0 Å². The first-order chi connectivity index (χ1) is 12.0. The molecule has 136 valence electrons. The first-order valence-electron chi connectivity index (χ1n) is 8.76. The van der Waals surface area contributed by atoms with Gasteiger partial charge < -0.3 is 9.42 Å². The van der Waals surface area contributed by atoms with Crippen LogP contribution in [-0.2, 0) is 11.3 Å². The maximum atomic E-state index is 12.7. The second-order valence-corrected chi connectivity index (χ2v) is 7.01. The molecule has 25 heavy (non-hydrogen) atoms. The van der Waals surface area contributed by atoms with Crippen molar-refractivity contribution in [1.82, 2.24) is 29.7 Å². The largest absolute Gasteiger partial charge is 0.339 e. The molecule has 1 fully saturated rings. The van der Waals surface area contributed by atoms with E-state index in [2.05, 4.69) is 20.1 Å². The summed E-state index contributed by atoms with van der Waals surface area (Å²) in [6.07, 6.45) is 4.47. The van der Waals surface area contributed by atoms with Crippen LogP contribution in [0.3, 0.4) is 0 Å². The number of carbonyl (C=O) groups excluding carboxylic acids is 1. The lowest BCUT2D eigenvalue weighted by atomic mass is 10.2. The number of likely N-dealkylation sites (N-methyl/N-ethyl adjacent to an activating group) is 1. The number of aromatic nitrogens is 4. The number of amides is 1. The van der Waals surface area contributed by atoms with Gasteiger partial charge in [-0.15, -0.1) is 0 Å². The number of nitrogens with zero attached hydrogens (tertiary/aromatic N) is 6. The van der Waals surface area contributed by atoms with E-state index in [1.54, 1.807) is 10.9 Å². The normalized spacial score (nSPS) is 19.1. The Hall–Kier alpha value is -2.22. The minimum absolute atomic E-state index is 0.112. The predicted octanol–water partition coefficient (Wildman–Crippen LogP) is 1.68. The Morgan fingerprint density at radius 1 is 1.44 bits per heavy atom. The van der Waals surface area contributed by atoms with Crippen LogP contribution in [0.1, 0.15) is 50.9 Å². The zero-order chi connectivity index (χ0) is 18.0. The number of hydrogen-bond acceptors (Lipinski definition) is 6. The van der Waals surface area contributed by atoms with Crippen molar-refractivity contribution in [3.63, 3.8) is 0 Å². The van der Waals surface area contributed by atoms with Crippen molar-refractivity contribution in [3.8, 4) is 0 Å². The maximum Gasteiger partial charge on any atom is 0.247 e. The monoisotopic (exact) mass is 346 g/mol. The molecule has 0 aliphatic carbocycles. The third-order valence-corrected chi connectivity index (χ3v) is 4.75. The van der Waals surface area contributed by atoms with Crippen LogP contribution in [0.4, 0.5) is 0 Å². The molecule has 2 aromatic heterocycles. The van der Waals surface area contributed by atoms with E-state index >= 15 is 0 Å². The molecular weight excluding hydrogens is 320 g/mol. The topological polar surface area (TPSA) is 80.3 Å². The molecule has 2 aromatic rings. The lowest BCUT2D eigenvalue weighted by molar-refractivity contribution is -0.133. The second-order valence-electron chi connectivity index (χ2n) is 7.01. The van der Waals surface area contributed by atoms with Gasteiger partial charge in [-0.3, -0.25) is 14.4 Å². The highest BCUT2D eigenvalue weighted by molar-refractivity contribution is 5.80. The zero-order valence-corrected chi connectivity index (χ0v) is 15.3. The van der Waals surface area contributed by atoms with Gasteiger partial charge in [-0.25, -0.2) is 0 Å². The van der Waals surface area contributed by atoms with E-state index in [0.717, 1.165) is 19.5 Å². The molecule has 0 saturated carbocycles. The Morgan fingerprint density at radius 2 is 2.24 bits per heavy atom. The van der Waals surface area contributed by atoms with Gasteiger partial charge in [0.15, 0.2) is 5.82 Å². The van der Waals surface area contributed by atoms with Crippen LogP contribution < -0.4 is 0 Å². The van der Waals surface area contributed by atoms with Crippen LogP contribution in [0.15, 0.2) is 23.0 Å². The predicted molar refractivity (Wildman–Crippen MR) is 91.8 cm³/mol. The van der Waals surface area contributed by atoms with Crippen molar-refractivity contribution >= 4 is 5.91 Å². The van der Waals surface area contributed by atoms with Crippen LogP contribution in [-0.4, -0.2) is 61.8 Å². The van der Waals surface area contributed by atoms with Gasteiger partial charge >= 0.3 is 0 Å². The summed E-state index contributed by atoms with van der Waals surface area (Å²) >= 11 is 0. The van der Waals surface area contributed by atoms with Gasteiger partial charge in [0.2, 0.25) is 11.8 Å². The van der Waals surface area contributed by atoms with Gasteiger partial charge in [0.05, 0.1) is 6.54 Å². The van der Waals surface area contributed by atoms with Crippen molar-refractivity contribution in [1.29, 1.82) is 0 Å². The SMILES string of the molecule is CC(C)c1nc(CN(C)C2CCN(C(=O)C(C)n3cccn3)C2)no1. The van der Waals surface area contributed by atoms with Gasteiger partial charge in [-0.05, 0) is 26.5 Å². The molecule has 0 spiro atoms. The van der Waals surface area contributed by atoms with Gasteiger partial charge in [0.1, 0.15) is 6.04 Å².